The molecule has 0 atom stereocenters. The summed E-state index contributed by atoms with van der Waals surface area (Å²) in [5, 5.41) is 20.3. The third-order valence-electron chi connectivity index (χ3n) is 8.58. The summed E-state index contributed by atoms with van der Waals surface area (Å²) in [5.74, 6) is -1.28. The molecule has 0 unspecified atom stereocenters. The van der Waals surface area contributed by atoms with E-state index < -0.39 is 79.0 Å². The summed E-state index contributed by atoms with van der Waals surface area (Å²) in [6, 6.07) is 20.0. The van der Waals surface area contributed by atoms with Gasteiger partial charge in [0.15, 0.2) is 0 Å². The first-order chi connectivity index (χ1) is 27.1. The first-order valence-corrected chi connectivity index (χ1v) is 20.6. The van der Waals surface area contributed by atoms with E-state index in [1.807, 2.05) is 19.1 Å². The van der Waals surface area contributed by atoms with Crippen LogP contribution in [0.15, 0.2) is 125 Å². The van der Waals surface area contributed by atoms with Gasteiger partial charge < -0.3 is 30.9 Å². The molecule has 19 nitrogen and oxygen atoms in total. The van der Waals surface area contributed by atoms with Gasteiger partial charge in [-0.1, -0.05) is 12.1 Å². The molecule has 61 heavy (non-hydrogen) atoms. The zero-order valence-electron chi connectivity index (χ0n) is 32.9. The largest absolute Gasteiger partial charge is 1.00 e. The van der Waals surface area contributed by atoms with Gasteiger partial charge in [-0.05, 0) is 121 Å². The summed E-state index contributed by atoms with van der Waals surface area (Å²) in [4.78, 5) is 10.9. The molecule has 0 radical (unpaired) electrons. The van der Waals surface area contributed by atoms with E-state index in [0.717, 1.165) is 41.0 Å². The van der Waals surface area contributed by atoms with Crippen molar-refractivity contribution in [2.24, 2.45) is 25.6 Å². The Morgan fingerprint density at radius 3 is 1.62 bits per heavy atom. The average molecular weight is 912 g/mol. The van der Waals surface area contributed by atoms with Crippen molar-refractivity contribution >= 4 is 93.4 Å². The number of carbonyl (C=O) groups excluding carboxylic acids is 1. The van der Waals surface area contributed by atoms with Gasteiger partial charge in [0.25, 0.3) is 0 Å². The maximum atomic E-state index is 13.8. The van der Waals surface area contributed by atoms with Gasteiger partial charge in [0.2, 0.25) is 5.78 Å². The fourth-order valence-electron chi connectivity index (χ4n) is 5.67. The Balaban J connectivity index is 0.00000331. The molecule has 5 aromatic carbocycles. The van der Waals surface area contributed by atoms with Gasteiger partial charge in [0.05, 0.1) is 48.7 Å². The number of aryl methyl sites for hydroxylation is 2. The van der Waals surface area contributed by atoms with E-state index in [9.17, 15) is 43.7 Å². The topological polar surface area (TPSA) is 341 Å². The second-order valence-electron chi connectivity index (χ2n) is 12.6. The fourth-order valence-corrected chi connectivity index (χ4v) is 7.45. The number of nitrogens with zero attached hydrogens (tertiary/aromatic N) is 5. The number of hydrogen-bond acceptors (Lipinski definition) is 19. The number of allylic oxidation sites excluding steroid dienone is 1. The molecule has 0 fully saturated rings. The molecule has 6 rings (SSSR count). The number of nitrogens with two attached hydrogens (primary N) is 3. The van der Waals surface area contributed by atoms with E-state index in [2.05, 4.69) is 31.0 Å². The predicted octanol–water partition coefficient (Wildman–Crippen LogP) is -3.08. The third-order valence-corrected chi connectivity index (χ3v) is 11.1. The number of hydrazone groups is 1. The summed E-state index contributed by atoms with van der Waals surface area (Å²) in [6.45, 7) is 3.54. The van der Waals surface area contributed by atoms with Crippen LogP contribution in [0, 0.1) is 13.8 Å². The molecule has 1 aliphatic rings. The quantitative estimate of drug-likeness (QED) is 0.0355. The maximum Gasteiger partial charge on any atom is 1.00 e. The molecule has 0 spiro atoms. The minimum Gasteiger partial charge on any atom is -0.744 e. The van der Waals surface area contributed by atoms with Crippen molar-refractivity contribution in [1.82, 2.24) is 0 Å². The van der Waals surface area contributed by atoms with E-state index in [-0.39, 0.29) is 100 Å². The van der Waals surface area contributed by atoms with Crippen LogP contribution in [0.5, 0.6) is 0 Å². The molecular weight excluding hydrogens is 884 g/mol. The van der Waals surface area contributed by atoms with Gasteiger partial charge in [-0.2, -0.15) is 15.3 Å². The first kappa shape index (κ1) is 51.7. The minimum absolute atomic E-state index is 0. The van der Waals surface area contributed by atoms with Crippen molar-refractivity contribution in [1.29, 1.82) is 0 Å². The summed E-state index contributed by atoms with van der Waals surface area (Å²) in [5.41, 5.74) is 21.8. The van der Waals surface area contributed by atoms with Crippen molar-refractivity contribution < 1.29 is 132 Å². The van der Waals surface area contributed by atoms with Crippen LogP contribution in [0.1, 0.15) is 27.0 Å². The standard InChI is InChI=1S/C36H31N9O10S3.3Na/c1-18-13-20(3-10-27(18)41-43-29-12-5-23(37)17-26(29)38)21-4-11-28(19(2)14-21)42-44-34-30(57(50,51)52)15-22-16-31(58(53,54)55)35(36(46)32(22)33(34)39)45-40-24-6-8-25(9-7-24)56(47,48)49;;;/h3-17,40H,37-39H2,1-2H3,(H,47,48,49)(H,50,51,52)(H,53,54,55);;;/q;3*+1/p-3/b43-41?,44-42?,45-35+;;;. The number of anilines is 4. The van der Waals surface area contributed by atoms with Crippen molar-refractivity contribution in [3.8, 4) is 11.1 Å². The Morgan fingerprint density at radius 1 is 0.607 bits per heavy atom. The van der Waals surface area contributed by atoms with Gasteiger partial charge >= 0.3 is 88.7 Å². The molecule has 0 saturated carbocycles. The van der Waals surface area contributed by atoms with Gasteiger partial charge in [-0.25, -0.2) is 25.3 Å². The molecule has 0 amide bonds. The Bertz CT molecular complexity index is 3040. The van der Waals surface area contributed by atoms with Crippen molar-refractivity contribution in [2.45, 2.75) is 23.6 Å². The number of fused-ring (bicyclic) bond motifs is 1. The van der Waals surface area contributed by atoms with Gasteiger partial charge in [-0.3, -0.25) is 10.2 Å². The third kappa shape index (κ3) is 11.9. The van der Waals surface area contributed by atoms with Gasteiger partial charge in [-0.15, -0.1) is 10.2 Å². The number of benzene rings is 5. The van der Waals surface area contributed by atoms with E-state index in [1.165, 1.54) is 0 Å². The second kappa shape index (κ2) is 20.2. The summed E-state index contributed by atoms with van der Waals surface area (Å²) >= 11 is 0. The Morgan fingerprint density at radius 2 is 1.13 bits per heavy atom. The van der Waals surface area contributed by atoms with E-state index >= 15 is 0 Å². The number of rotatable bonds is 10. The number of ketones is 1. The van der Waals surface area contributed by atoms with Crippen LogP contribution < -0.4 is 111 Å². The molecule has 298 valence electrons. The van der Waals surface area contributed by atoms with Crippen molar-refractivity contribution in [3.05, 3.63) is 112 Å². The second-order valence-corrected chi connectivity index (χ2v) is 16.7. The normalized spacial score (nSPS) is 13.6. The van der Waals surface area contributed by atoms with Crippen LogP contribution >= 0.6 is 0 Å². The molecule has 1 aliphatic carbocycles. The van der Waals surface area contributed by atoms with E-state index in [4.69, 9.17) is 17.2 Å². The molecule has 0 bridgehead atoms. The van der Waals surface area contributed by atoms with Crippen LogP contribution in [-0.2, 0) is 30.4 Å². The molecule has 25 heteroatoms. The average Bonchev–Trinajstić information content (AvgIpc) is 3.13. The fraction of sp³-hybridized carbons (Fsp3) is 0.0556. The SMILES string of the molecule is Cc1cc(-c2ccc(N=Nc3c(S(=O)(=O)[O-])cc4c(c3N)C(=O)/C(=N/Nc3ccc(S(=O)(=O)[O-])cc3)C(S(=O)(=O)[O-])=C4)c(C)c2)ccc1N=Nc1ccc(N)cc1N.[Na+].[Na+].[Na+]. The Labute approximate surface area is 416 Å². The summed E-state index contributed by atoms with van der Waals surface area (Å²) in [7, 11) is -15.7. The number of Topliss-reactive ketones (excluding diaryl/α,β-unsaturated/α-hetero) is 1. The predicted molar refractivity (Wildman–Crippen MR) is 211 cm³/mol. The number of hydrogen-bond donors (Lipinski definition) is 4. The van der Waals surface area contributed by atoms with Crippen molar-refractivity contribution in [3.63, 3.8) is 0 Å². The van der Waals surface area contributed by atoms with Crippen molar-refractivity contribution in [2.75, 3.05) is 22.6 Å². The minimum atomic E-state index is -5.48. The summed E-state index contributed by atoms with van der Waals surface area (Å²) in [6.07, 6.45) is 0.619. The number of azo groups is 2. The van der Waals surface area contributed by atoms with Crippen LogP contribution in [0.3, 0.4) is 0 Å². The summed E-state index contributed by atoms with van der Waals surface area (Å²) < 4.78 is 108. The first-order valence-electron chi connectivity index (χ1n) is 16.4. The number of nitrogen functional groups attached to an aromatic ring is 3. The van der Waals surface area contributed by atoms with Gasteiger partial charge in [0.1, 0.15) is 47.4 Å². The van der Waals surface area contributed by atoms with E-state index in [0.29, 0.717) is 40.5 Å². The van der Waals surface area contributed by atoms with Crippen LogP contribution in [-0.4, -0.2) is 50.4 Å². The molecule has 0 aliphatic heterocycles. The zero-order valence-corrected chi connectivity index (χ0v) is 41.4. The molecular formula is C36H28N9Na3O10S3. The number of carbonyl (C=O) groups is 1. The monoisotopic (exact) mass is 911 g/mol. The zero-order chi connectivity index (χ0) is 42.3. The van der Waals surface area contributed by atoms with Gasteiger partial charge in [0, 0.05) is 5.69 Å². The Kier molecular flexibility index (Phi) is 17.1. The van der Waals surface area contributed by atoms with Crippen LogP contribution in [0.4, 0.5) is 45.5 Å². The Hall–Kier alpha value is -3.69. The van der Waals surface area contributed by atoms with Crippen LogP contribution in [0.2, 0.25) is 0 Å². The molecule has 5 aromatic rings. The molecule has 0 aromatic heterocycles. The van der Waals surface area contributed by atoms with E-state index in [1.54, 1.807) is 49.4 Å². The van der Waals surface area contributed by atoms with Crippen LogP contribution in [0.25, 0.3) is 17.2 Å². The maximum absolute atomic E-state index is 13.8. The molecule has 0 heterocycles. The molecule has 7 N–H and O–H groups in total. The molecule has 0 saturated heterocycles. The number of nitrogens with one attached hydrogen (secondary N) is 1. The smallest absolute Gasteiger partial charge is 0.744 e.